The molecule has 0 spiro atoms. The Hall–Kier alpha value is -2.64. The molecule has 0 radical (unpaired) electrons. The van der Waals surface area contributed by atoms with Gasteiger partial charge in [-0.1, -0.05) is 6.07 Å². The number of aldehydes is 1. The van der Waals surface area contributed by atoms with E-state index in [1.54, 1.807) is 0 Å². The van der Waals surface area contributed by atoms with Crippen LogP contribution in [-0.2, 0) is 11.0 Å². The van der Waals surface area contributed by atoms with Crippen LogP contribution in [0.1, 0.15) is 5.56 Å². The van der Waals surface area contributed by atoms with Crippen molar-refractivity contribution in [2.24, 2.45) is 10.7 Å². The van der Waals surface area contributed by atoms with Crippen LogP contribution in [-0.4, -0.2) is 23.1 Å². The summed E-state index contributed by atoms with van der Waals surface area (Å²) in [7, 11) is 0. The van der Waals surface area contributed by atoms with Crippen LogP contribution in [0.2, 0.25) is 0 Å². The van der Waals surface area contributed by atoms with E-state index in [0.717, 1.165) is 22.9 Å². The topological polar surface area (TPSA) is 77.5 Å². The smallest absolute Gasteiger partial charge is 0.351 e. The number of aromatic nitrogens is 1. The second-order valence-corrected chi connectivity index (χ2v) is 3.87. The molecule has 104 valence electrons. The summed E-state index contributed by atoms with van der Waals surface area (Å²) in [6.45, 7) is 0. The summed E-state index contributed by atoms with van der Waals surface area (Å²) < 4.78 is 38.8. The Balaban J connectivity index is 2.73. The van der Waals surface area contributed by atoms with Gasteiger partial charge in [-0.15, -0.1) is 0 Å². The molecular weight excluding hydrogens is 275 g/mol. The SMILES string of the molecule is NC(=O)n1cc(N=CC=O)c2ccc(C(F)(F)F)cc21. The van der Waals surface area contributed by atoms with Gasteiger partial charge in [-0.3, -0.25) is 14.4 Å². The van der Waals surface area contributed by atoms with E-state index in [9.17, 15) is 22.8 Å². The first-order chi connectivity index (χ1) is 9.34. The lowest BCUT2D eigenvalue weighted by Gasteiger charge is -2.07. The van der Waals surface area contributed by atoms with Crippen molar-refractivity contribution in [3.05, 3.63) is 30.0 Å². The van der Waals surface area contributed by atoms with Gasteiger partial charge in [0.2, 0.25) is 0 Å². The molecule has 8 heteroatoms. The second kappa shape index (κ2) is 4.80. The van der Waals surface area contributed by atoms with Gasteiger partial charge in [0.05, 0.1) is 23.0 Å². The van der Waals surface area contributed by atoms with Gasteiger partial charge in [-0.2, -0.15) is 13.2 Å². The molecule has 1 aromatic heterocycles. The van der Waals surface area contributed by atoms with Gasteiger partial charge in [0.25, 0.3) is 0 Å². The molecule has 0 aliphatic carbocycles. The first-order valence-electron chi connectivity index (χ1n) is 5.34. The van der Waals surface area contributed by atoms with E-state index in [1.165, 1.54) is 12.3 Å². The third kappa shape index (κ3) is 2.40. The summed E-state index contributed by atoms with van der Waals surface area (Å²) in [5, 5.41) is 0.287. The second-order valence-electron chi connectivity index (χ2n) is 3.87. The molecule has 0 aliphatic rings. The Morgan fingerprint density at radius 2 is 2.05 bits per heavy atom. The summed E-state index contributed by atoms with van der Waals surface area (Å²) >= 11 is 0. The minimum Gasteiger partial charge on any atom is -0.351 e. The van der Waals surface area contributed by atoms with Crippen LogP contribution in [0.4, 0.5) is 23.7 Å². The molecule has 0 saturated carbocycles. The summed E-state index contributed by atoms with van der Waals surface area (Å²) in [5.41, 5.74) is 4.35. The lowest BCUT2D eigenvalue weighted by molar-refractivity contribution is -0.137. The van der Waals surface area contributed by atoms with Crippen LogP contribution in [0.3, 0.4) is 0 Å². The third-order valence-electron chi connectivity index (χ3n) is 2.62. The number of aliphatic imine (C=N–C) groups is 1. The zero-order chi connectivity index (χ0) is 14.9. The number of rotatable bonds is 2. The van der Waals surface area contributed by atoms with E-state index in [-0.39, 0.29) is 16.6 Å². The van der Waals surface area contributed by atoms with Crippen LogP contribution in [0.5, 0.6) is 0 Å². The fraction of sp³-hybridized carbons (Fsp3) is 0.0833. The molecule has 2 rings (SSSR count). The average molecular weight is 283 g/mol. The minimum absolute atomic E-state index is 0.0228. The molecule has 5 nitrogen and oxygen atoms in total. The van der Waals surface area contributed by atoms with Crippen LogP contribution in [0.25, 0.3) is 10.9 Å². The van der Waals surface area contributed by atoms with Gasteiger partial charge < -0.3 is 5.73 Å². The normalized spacial score (nSPS) is 12.2. The number of halogens is 3. The van der Waals surface area contributed by atoms with Crippen LogP contribution < -0.4 is 5.73 Å². The van der Waals surface area contributed by atoms with Crippen molar-refractivity contribution in [2.45, 2.75) is 6.18 Å². The van der Waals surface area contributed by atoms with Gasteiger partial charge >= 0.3 is 12.2 Å². The largest absolute Gasteiger partial charge is 0.416 e. The number of nitrogens with zero attached hydrogens (tertiary/aromatic N) is 2. The monoisotopic (exact) mass is 283 g/mol. The van der Waals surface area contributed by atoms with Gasteiger partial charge in [-0.25, -0.2) is 4.79 Å². The molecule has 0 aliphatic heterocycles. The molecule has 20 heavy (non-hydrogen) atoms. The standard InChI is InChI=1S/C12H8F3N3O2/c13-12(14,15)7-1-2-8-9(17-3-4-19)6-18(11(16)20)10(8)5-7/h1-6H,(H2,16,20). The number of hydrogen-bond donors (Lipinski definition) is 1. The van der Waals surface area contributed by atoms with Crippen LogP contribution in [0, 0.1) is 0 Å². The molecule has 0 saturated heterocycles. The Kier molecular flexibility index (Phi) is 3.31. The molecule has 1 amide bonds. The number of primary amides is 1. The Morgan fingerprint density at radius 3 is 2.60 bits per heavy atom. The maximum atomic E-state index is 12.7. The van der Waals surface area contributed by atoms with E-state index in [2.05, 4.69) is 4.99 Å². The van der Waals surface area contributed by atoms with Crippen molar-refractivity contribution in [3.8, 4) is 0 Å². The molecular formula is C12H8F3N3O2. The number of benzene rings is 1. The summed E-state index contributed by atoms with van der Waals surface area (Å²) in [5.74, 6) is 0. The van der Waals surface area contributed by atoms with Crippen molar-refractivity contribution < 1.29 is 22.8 Å². The van der Waals surface area contributed by atoms with E-state index in [1.807, 2.05) is 0 Å². The van der Waals surface area contributed by atoms with Gasteiger partial charge in [-0.05, 0) is 12.1 Å². The van der Waals surface area contributed by atoms with Crippen LogP contribution >= 0.6 is 0 Å². The number of fused-ring (bicyclic) bond motifs is 1. The summed E-state index contributed by atoms with van der Waals surface area (Å²) in [4.78, 5) is 25.2. The lowest BCUT2D eigenvalue weighted by atomic mass is 10.1. The van der Waals surface area contributed by atoms with Crippen molar-refractivity contribution in [1.82, 2.24) is 4.57 Å². The number of nitrogens with two attached hydrogens (primary N) is 1. The van der Waals surface area contributed by atoms with Crippen LogP contribution in [0.15, 0.2) is 29.4 Å². The minimum atomic E-state index is -4.53. The van der Waals surface area contributed by atoms with Crippen molar-refractivity contribution in [1.29, 1.82) is 0 Å². The molecule has 0 fully saturated rings. The number of carbonyl (C=O) groups excluding carboxylic acids is 2. The fourth-order valence-electron chi connectivity index (χ4n) is 1.78. The average Bonchev–Trinajstić information content (AvgIpc) is 2.73. The predicted molar refractivity (Wildman–Crippen MR) is 66.1 cm³/mol. The Bertz CT molecular complexity index is 717. The first-order valence-corrected chi connectivity index (χ1v) is 5.34. The zero-order valence-electron chi connectivity index (χ0n) is 9.89. The highest BCUT2D eigenvalue weighted by atomic mass is 19.4. The highest BCUT2D eigenvalue weighted by molar-refractivity contribution is 6.14. The molecule has 2 N–H and O–H groups in total. The molecule has 2 aromatic rings. The van der Waals surface area contributed by atoms with Gasteiger partial charge in [0.1, 0.15) is 0 Å². The molecule has 1 aromatic carbocycles. The predicted octanol–water partition coefficient (Wildman–Crippen LogP) is 2.49. The number of hydrogen-bond acceptors (Lipinski definition) is 3. The third-order valence-corrected chi connectivity index (χ3v) is 2.62. The van der Waals surface area contributed by atoms with E-state index >= 15 is 0 Å². The molecule has 1 heterocycles. The summed E-state index contributed by atoms with van der Waals surface area (Å²) in [6, 6.07) is 1.91. The quantitative estimate of drug-likeness (QED) is 0.679. The van der Waals surface area contributed by atoms with Crippen molar-refractivity contribution in [2.75, 3.05) is 0 Å². The lowest BCUT2D eigenvalue weighted by Crippen LogP contribution is -2.18. The highest BCUT2D eigenvalue weighted by Crippen LogP contribution is 2.35. The van der Waals surface area contributed by atoms with E-state index < -0.39 is 17.8 Å². The number of amides is 1. The number of carbonyl (C=O) groups is 2. The molecule has 0 bridgehead atoms. The fourth-order valence-corrected chi connectivity index (χ4v) is 1.78. The zero-order valence-corrected chi connectivity index (χ0v) is 9.89. The van der Waals surface area contributed by atoms with E-state index in [4.69, 9.17) is 5.73 Å². The highest BCUT2D eigenvalue weighted by Gasteiger charge is 2.31. The Labute approximate surface area is 110 Å². The molecule has 0 atom stereocenters. The Morgan fingerprint density at radius 1 is 1.35 bits per heavy atom. The van der Waals surface area contributed by atoms with Gasteiger partial charge in [0, 0.05) is 11.6 Å². The van der Waals surface area contributed by atoms with E-state index in [0.29, 0.717) is 6.29 Å². The van der Waals surface area contributed by atoms with Gasteiger partial charge in [0.15, 0.2) is 6.29 Å². The van der Waals surface area contributed by atoms with Crippen molar-refractivity contribution >= 4 is 35.1 Å². The summed E-state index contributed by atoms with van der Waals surface area (Å²) in [6.07, 6.45) is -2.02. The van der Waals surface area contributed by atoms with Crippen molar-refractivity contribution in [3.63, 3.8) is 0 Å². The molecule has 0 unspecified atom stereocenters. The maximum absolute atomic E-state index is 12.7. The number of alkyl halides is 3. The maximum Gasteiger partial charge on any atom is 0.416 e. The first kappa shape index (κ1) is 13.8.